The van der Waals surface area contributed by atoms with E-state index in [9.17, 15) is 0 Å². The van der Waals surface area contributed by atoms with Gasteiger partial charge in [-0.2, -0.15) is 0 Å². The average molecular weight is 234 g/mol. The molecule has 0 aliphatic rings. The van der Waals surface area contributed by atoms with Crippen molar-refractivity contribution in [2.75, 3.05) is 34.2 Å². The normalized spacial score (nSPS) is 8.33. The van der Waals surface area contributed by atoms with Gasteiger partial charge in [-0.05, 0) is 26.3 Å². The molecule has 76 valence electrons. The molecule has 0 aromatic carbocycles. The van der Waals surface area contributed by atoms with E-state index in [-0.39, 0.29) is 24.8 Å². The van der Waals surface area contributed by atoms with E-state index in [1.807, 2.05) is 26.0 Å². The summed E-state index contributed by atoms with van der Waals surface area (Å²) in [7, 11) is 5.94. The van der Waals surface area contributed by atoms with Gasteiger partial charge in [0.2, 0.25) is 0 Å². The average Bonchev–Trinajstić information content (AvgIpc) is 1.82. The van der Waals surface area contributed by atoms with Crippen molar-refractivity contribution in [3.05, 3.63) is 0 Å². The van der Waals surface area contributed by atoms with Gasteiger partial charge in [0.1, 0.15) is 0 Å². The second kappa shape index (κ2) is 9.32. The van der Waals surface area contributed by atoms with Gasteiger partial charge in [0.25, 0.3) is 0 Å². The molecule has 6 heteroatoms. The van der Waals surface area contributed by atoms with Crippen LogP contribution in [0.5, 0.6) is 0 Å². The Morgan fingerprint density at radius 3 is 1.83 bits per heavy atom. The van der Waals surface area contributed by atoms with Gasteiger partial charge in [-0.25, -0.2) is 0 Å². The van der Waals surface area contributed by atoms with Crippen molar-refractivity contribution in [3.63, 3.8) is 0 Å². The lowest BCUT2D eigenvalue weighted by Gasteiger charge is -2.18. The number of likely N-dealkylation sites (N-methyl/N-ethyl adjacent to an activating group) is 2. The molecule has 0 aliphatic heterocycles. The summed E-state index contributed by atoms with van der Waals surface area (Å²) in [4.78, 5) is 3.95. The quantitative estimate of drug-likeness (QED) is 0.723. The molecule has 0 spiro atoms. The van der Waals surface area contributed by atoms with Crippen LogP contribution in [0.15, 0.2) is 0 Å². The minimum absolute atomic E-state index is 0. The number of hydrogen-bond acceptors (Lipinski definition) is 2. The van der Waals surface area contributed by atoms with Crippen LogP contribution in [-0.2, 0) is 0 Å². The highest BCUT2D eigenvalue weighted by molar-refractivity contribution is 7.80. The third-order valence-corrected chi connectivity index (χ3v) is 1.57. The van der Waals surface area contributed by atoms with E-state index in [2.05, 4.69) is 4.90 Å². The molecule has 0 fully saturated rings. The van der Waals surface area contributed by atoms with Gasteiger partial charge >= 0.3 is 0 Å². The zero-order valence-electron chi connectivity index (χ0n) is 7.61. The van der Waals surface area contributed by atoms with Crippen LogP contribution in [-0.4, -0.2) is 49.1 Å². The van der Waals surface area contributed by atoms with Gasteiger partial charge in [0.05, 0.1) is 0 Å². The molecule has 2 N–H and O–H groups in total. The minimum Gasteiger partial charge on any atom is -0.376 e. The predicted octanol–water partition coefficient (Wildman–Crippen LogP) is 0.567. The zero-order chi connectivity index (χ0) is 8.15. The fourth-order valence-corrected chi connectivity index (χ4v) is 0.551. The first-order valence-corrected chi connectivity index (χ1v) is 3.60. The third kappa shape index (κ3) is 10.2. The molecule has 0 rings (SSSR count). The summed E-state index contributed by atoms with van der Waals surface area (Å²) >= 11 is 4.76. The standard InChI is InChI=1S/C6H15N3S.2ClH/c1-8(2)4-5-9(3)6(7)10;;/h4-5H2,1-3H3,(H2,7,10);2*1H. The van der Waals surface area contributed by atoms with Gasteiger partial charge in [-0.15, -0.1) is 24.8 Å². The maximum Gasteiger partial charge on any atom is 0.166 e. The first-order valence-electron chi connectivity index (χ1n) is 3.19. The number of thiocarbonyl (C=S) groups is 1. The van der Waals surface area contributed by atoms with Crippen molar-refractivity contribution in [1.29, 1.82) is 0 Å². The van der Waals surface area contributed by atoms with Crippen LogP contribution in [0.25, 0.3) is 0 Å². The van der Waals surface area contributed by atoms with E-state index in [1.54, 1.807) is 0 Å². The summed E-state index contributed by atoms with van der Waals surface area (Å²) in [6.07, 6.45) is 0. The van der Waals surface area contributed by atoms with Crippen molar-refractivity contribution < 1.29 is 0 Å². The molecule has 0 atom stereocenters. The van der Waals surface area contributed by atoms with E-state index in [0.29, 0.717) is 5.11 Å². The minimum atomic E-state index is 0. The van der Waals surface area contributed by atoms with E-state index in [4.69, 9.17) is 18.0 Å². The van der Waals surface area contributed by atoms with Crippen molar-refractivity contribution in [2.45, 2.75) is 0 Å². The highest BCUT2D eigenvalue weighted by atomic mass is 35.5. The lowest BCUT2D eigenvalue weighted by Crippen LogP contribution is -2.36. The molecule has 0 amide bonds. The zero-order valence-corrected chi connectivity index (χ0v) is 10.1. The topological polar surface area (TPSA) is 32.5 Å². The van der Waals surface area contributed by atoms with Crippen molar-refractivity contribution in [3.8, 4) is 0 Å². The Balaban J connectivity index is -0.000000405. The lowest BCUT2D eigenvalue weighted by atomic mass is 10.5. The molecular formula is C6H17Cl2N3S. The maximum atomic E-state index is 5.36. The van der Waals surface area contributed by atoms with Crippen LogP contribution in [0.3, 0.4) is 0 Å². The van der Waals surface area contributed by atoms with Gasteiger partial charge in [0, 0.05) is 20.1 Å². The Labute approximate surface area is 92.1 Å². The van der Waals surface area contributed by atoms with Gasteiger partial charge in [-0.1, -0.05) is 0 Å². The van der Waals surface area contributed by atoms with Crippen LogP contribution < -0.4 is 5.73 Å². The van der Waals surface area contributed by atoms with Crippen molar-refractivity contribution in [1.82, 2.24) is 9.80 Å². The van der Waals surface area contributed by atoms with Gasteiger partial charge in [0.15, 0.2) is 5.11 Å². The molecular weight excluding hydrogens is 217 g/mol. The maximum absolute atomic E-state index is 5.36. The summed E-state index contributed by atoms with van der Waals surface area (Å²) in [5, 5.41) is 0.460. The molecule has 0 unspecified atom stereocenters. The van der Waals surface area contributed by atoms with Crippen molar-refractivity contribution in [2.24, 2.45) is 5.73 Å². The Kier molecular flexibility index (Phi) is 14.1. The monoisotopic (exact) mass is 233 g/mol. The summed E-state index contributed by atoms with van der Waals surface area (Å²) in [6.45, 7) is 1.87. The molecule has 0 aromatic rings. The molecule has 0 saturated carbocycles. The number of nitrogens with two attached hydrogens (primary N) is 1. The number of nitrogens with zero attached hydrogens (tertiary/aromatic N) is 2. The number of halogens is 2. The Morgan fingerprint density at radius 1 is 1.17 bits per heavy atom. The highest BCUT2D eigenvalue weighted by Crippen LogP contribution is 1.82. The molecule has 0 radical (unpaired) electrons. The van der Waals surface area contributed by atoms with Crippen LogP contribution in [0.1, 0.15) is 0 Å². The summed E-state index contributed by atoms with van der Waals surface area (Å²) in [6, 6.07) is 0. The van der Waals surface area contributed by atoms with Crippen LogP contribution in [0.2, 0.25) is 0 Å². The highest BCUT2D eigenvalue weighted by Gasteiger charge is 1.98. The fraction of sp³-hybridized carbons (Fsp3) is 0.833. The van der Waals surface area contributed by atoms with E-state index in [1.165, 1.54) is 0 Å². The Bertz CT molecular complexity index is 121. The van der Waals surface area contributed by atoms with Crippen LogP contribution >= 0.6 is 37.0 Å². The second-order valence-corrected chi connectivity index (χ2v) is 2.98. The van der Waals surface area contributed by atoms with E-state index in [0.717, 1.165) is 13.1 Å². The van der Waals surface area contributed by atoms with Gasteiger partial charge < -0.3 is 15.5 Å². The third-order valence-electron chi connectivity index (χ3n) is 1.26. The molecule has 0 aliphatic carbocycles. The van der Waals surface area contributed by atoms with E-state index >= 15 is 0 Å². The fourth-order valence-electron chi connectivity index (χ4n) is 0.460. The first-order chi connectivity index (χ1) is 4.54. The molecule has 0 saturated heterocycles. The number of hydrogen-bond donors (Lipinski definition) is 1. The molecule has 3 nitrogen and oxygen atoms in total. The van der Waals surface area contributed by atoms with Crippen LogP contribution in [0.4, 0.5) is 0 Å². The van der Waals surface area contributed by atoms with Gasteiger partial charge in [-0.3, -0.25) is 0 Å². The largest absolute Gasteiger partial charge is 0.376 e. The van der Waals surface area contributed by atoms with E-state index < -0.39 is 0 Å². The van der Waals surface area contributed by atoms with Crippen LogP contribution in [0, 0.1) is 0 Å². The Morgan fingerprint density at radius 2 is 1.58 bits per heavy atom. The first kappa shape index (κ1) is 18.1. The summed E-state index contributed by atoms with van der Waals surface area (Å²) in [5.74, 6) is 0. The predicted molar refractivity (Wildman–Crippen MR) is 62.5 cm³/mol. The molecule has 12 heavy (non-hydrogen) atoms. The van der Waals surface area contributed by atoms with Crippen molar-refractivity contribution >= 4 is 42.1 Å². The summed E-state index contributed by atoms with van der Waals surface area (Å²) in [5.41, 5.74) is 5.36. The Hall–Kier alpha value is 0.230. The lowest BCUT2D eigenvalue weighted by molar-refractivity contribution is 0.358. The SMILES string of the molecule is CN(C)CCN(C)C(N)=S.Cl.Cl. The molecule has 0 heterocycles. The summed E-state index contributed by atoms with van der Waals surface area (Å²) < 4.78 is 0. The number of rotatable bonds is 3. The molecule has 0 bridgehead atoms. The second-order valence-electron chi connectivity index (χ2n) is 2.56. The smallest absolute Gasteiger partial charge is 0.166 e. The molecule has 0 aromatic heterocycles.